The van der Waals surface area contributed by atoms with Crippen LogP contribution in [0.25, 0.3) is 0 Å². The van der Waals surface area contributed by atoms with E-state index in [1.165, 1.54) is 16.7 Å². The standard InChI is InChI=1S/C21H29N3OS/c1-4-24(5-2)16-19-8-6-17(7-9-19)14-22-21(26)23-15-18-10-12-20(25-3)13-11-18/h6-13H,4-5,14-16H2,1-3H3,(H2,22,23,26)/p+1. The first-order valence-corrected chi connectivity index (χ1v) is 9.61. The third kappa shape index (κ3) is 6.65. The second kappa shape index (κ2) is 10.8. The Morgan fingerprint density at radius 2 is 1.31 bits per heavy atom. The fraction of sp³-hybridized carbons (Fsp3) is 0.381. The molecule has 0 radical (unpaired) electrons. The van der Waals surface area contributed by atoms with Gasteiger partial charge in [0.05, 0.1) is 20.2 Å². The van der Waals surface area contributed by atoms with Crippen LogP contribution in [-0.2, 0) is 19.6 Å². The second-order valence-corrected chi connectivity index (χ2v) is 6.74. The van der Waals surface area contributed by atoms with E-state index in [2.05, 4.69) is 48.7 Å². The number of rotatable bonds is 9. The molecule has 0 saturated carbocycles. The maximum atomic E-state index is 5.36. The Hall–Kier alpha value is -2.11. The minimum Gasteiger partial charge on any atom is -0.497 e. The summed E-state index contributed by atoms with van der Waals surface area (Å²) in [5.74, 6) is 0.862. The lowest BCUT2D eigenvalue weighted by atomic mass is 10.1. The molecule has 0 heterocycles. The highest BCUT2D eigenvalue weighted by atomic mass is 32.1. The highest BCUT2D eigenvalue weighted by Gasteiger charge is 2.04. The zero-order chi connectivity index (χ0) is 18.8. The van der Waals surface area contributed by atoms with E-state index in [9.17, 15) is 0 Å². The van der Waals surface area contributed by atoms with Crippen molar-refractivity contribution < 1.29 is 9.64 Å². The van der Waals surface area contributed by atoms with Crippen LogP contribution in [0, 0.1) is 0 Å². The second-order valence-electron chi connectivity index (χ2n) is 6.33. The average Bonchev–Trinajstić information content (AvgIpc) is 2.70. The third-order valence-electron chi connectivity index (χ3n) is 4.54. The minimum absolute atomic E-state index is 0.664. The Bertz CT molecular complexity index is 667. The number of benzene rings is 2. The zero-order valence-electron chi connectivity index (χ0n) is 16.0. The molecular weight excluding hydrogens is 342 g/mol. The Morgan fingerprint density at radius 3 is 1.77 bits per heavy atom. The summed E-state index contributed by atoms with van der Waals surface area (Å²) in [6, 6.07) is 16.8. The van der Waals surface area contributed by atoms with Gasteiger partial charge in [0.1, 0.15) is 12.3 Å². The minimum atomic E-state index is 0.664. The molecule has 4 nitrogen and oxygen atoms in total. The average molecular weight is 373 g/mol. The van der Waals surface area contributed by atoms with Crippen LogP contribution in [0.5, 0.6) is 5.75 Å². The monoisotopic (exact) mass is 372 g/mol. The van der Waals surface area contributed by atoms with Gasteiger partial charge in [-0.25, -0.2) is 0 Å². The quantitative estimate of drug-likeness (QED) is 0.591. The summed E-state index contributed by atoms with van der Waals surface area (Å²) in [4.78, 5) is 1.60. The number of thiocarbonyl (C=S) groups is 1. The molecule has 2 aromatic rings. The van der Waals surface area contributed by atoms with Gasteiger partial charge in [0, 0.05) is 18.7 Å². The lowest BCUT2D eigenvalue weighted by Crippen LogP contribution is -3.10. The third-order valence-corrected chi connectivity index (χ3v) is 4.83. The van der Waals surface area contributed by atoms with Crippen molar-refractivity contribution in [2.75, 3.05) is 20.2 Å². The molecule has 0 bridgehead atoms. The van der Waals surface area contributed by atoms with Crippen molar-refractivity contribution in [3.05, 3.63) is 65.2 Å². The normalized spacial score (nSPS) is 10.6. The van der Waals surface area contributed by atoms with Gasteiger partial charge in [-0.1, -0.05) is 36.4 Å². The topological polar surface area (TPSA) is 37.7 Å². The maximum absolute atomic E-state index is 5.36. The first-order chi connectivity index (χ1) is 12.6. The van der Waals surface area contributed by atoms with Crippen molar-refractivity contribution in [1.29, 1.82) is 0 Å². The van der Waals surface area contributed by atoms with Crippen molar-refractivity contribution in [3.8, 4) is 5.75 Å². The highest BCUT2D eigenvalue weighted by Crippen LogP contribution is 2.10. The van der Waals surface area contributed by atoms with E-state index in [0.717, 1.165) is 31.9 Å². The molecule has 140 valence electrons. The van der Waals surface area contributed by atoms with Crippen LogP contribution in [0.1, 0.15) is 30.5 Å². The molecule has 2 aromatic carbocycles. The molecule has 0 aliphatic rings. The van der Waals surface area contributed by atoms with E-state index >= 15 is 0 Å². The first-order valence-electron chi connectivity index (χ1n) is 9.20. The first kappa shape index (κ1) is 20.2. The smallest absolute Gasteiger partial charge is 0.166 e. The van der Waals surface area contributed by atoms with Crippen molar-refractivity contribution >= 4 is 17.3 Å². The predicted molar refractivity (Wildman–Crippen MR) is 111 cm³/mol. The van der Waals surface area contributed by atoms with Crippen LogP contribution in [-0.4, -0.2) is 25.3 Å². The van der Waals surface area contributed by atoms with Crippen molar-refractivity contribution in [3.63, 3.8) is 0 Å². The Labute approximate surface area is 162 Å². The zero-order valence-corrected chi connectivity index (χ0v) is 16.8. The maximum Gasteiger partial charge on any atom is 0.166 e. The summed E-state index contributed by atoms with van der Waals surface area (Å²) in [5.41, 5.74) is 3.78. The Morgan fingerprint density at radius 1 is 0.846 bits per heavy atom. The van der Waals surface area contributed by atoms with Gasteiger partial charge in [-0.15, -0.1) is 0 Å². The predicted octanol–water partition coefficient (Wildman–Crippen LogP) is 2.28. The SMILES string of the molecule is CC[NH+](CC)Cc1ccc(CNC(=S)NCc2ccc(OC)cc2)cc1. The van der Waals surface area contributed by atoms with Crippen molar-refractivity contribution in [2.45, 2.75) is 33.5 Å². The molecule has 5 heteroatoms. The van der Waals surface area contributed by atoms with E-state index in [4.69, 9.17) is 17.0 Å². The molecule has 0 aliphatic heterocycles. The van der Waals surface area contributed by atoms with Crippen LogP contribution < -0.4 is 20.3 Å². The van der Waals surface area contributed by atoms with Gasteiger partial charge in [0.15, 0.2) is 5.11 Å². The molecule has 0 atom stereocenters. The van der Waals surface area contributed by atoms with Gasteiger partial charge < -0.3 is 20.3 Å². The summed E-state index contributed by atoms with van der Waals surface area (Å²) in [6.07, 6.45) is 0. The Kier molecular flexibility index (Phi) is 8.38. The van der Waals surface area contributed by atoms with Gasteiger partial charge in [0.2, 0.25) is 0 Å². The molecular formula is C21H30N3OS+. The molecule has 0 spiro atoms. The number of hydrogen-bond acceptors (Lipinski definition) is 2. The van der Waals surface area contributed by atoms with E-state index in [-0.39, 0.29) is 0 Å². The van der Waals surface area contributed by atoms with Crippen LogP contribution in [0.4, 0.5) is 0 Å². The van der Waals surface area contributed by atoms with Crippen LogP contribution in [0.2, 0.25) is 0 Å². The number of quaternary nitrogens is 1. The summed E-state index contributed by atoms with van der Waals surface area (Å²) in [6.45, 7) is 9.30. The van der Waals surface area contributed by atoms with Crippen LogP contribution >= 0.6 is 12.2 Å². The summed E-state index contributed by atoms with van der Waals surface area (Å²) >= 11 is 5.36. The van der Waals surface area contributed by atoms with Gasteiger partial charge in [0.25, 0.3) is 0 Å². The molecule has 0 fully saturated rings. The van der Waals surface area contributed by atoms with Gasteiger partial charge >= 0.3 is 0 Å². The molecule has 0 unspecified atom stereocenters. The van der Waals surface area contributed by atoms with E-state index < -0.39 is 0 Å². The molecule has 0 amide bonds. The largest absolute Gasteiger partial charge is 0.497 e. The number of ether oxygens (including phenoxy) is 1. The van der Waals surface area contributed by atoms with Crippen LogP contribution in [0.15, 0.2) is 48.5 Å². The van der Waals surface area contributed by atoms with E-state index in [1.54, 1.807) is 12.0 Å². The van der Waals surface area contributed by atoms with Gasteiger partial charge in [-0.05, 0) is 49.3 Å². The summed E-state index contributed by atoms with van der Waals surface area (Å²) in [7, 11) is 1.67. The number of nitrogens with one attached hydrogen (secondary N) is 3. The molecule has 2 rings (SSSR count). The molecule has 3 N–H and O–H groups in total. The fourth-order valence-electron chi connectivity index (χ4n) is 2.73. The van der Waals surface area contributed by atoms with Gasteiger partial charge in [-0.2, -0.15) is 0 Å². The van der Waals surface area contributed by atoms with Crippen molar-refractivity contribution in [1.82, 2.24) is 10.6 Å². The lowest BCUT2D eigenvalue weighted by molar-refractivity contribution is -0.910. The molecule has 0 aromatic heterocycles. The number of methoxy groups -OCH3 is 1. The highest BCUT2D eigenvalue weighted by molar-refractivity contribution is 7.80. The molecule has 0 aliphatic carbocycles. The van der Waals surface area contributed by atoms with E-state index in [0.29, 0.717) is 11.7 Å². The Balaban J connectivity index is 1.74. The summed E-state index contributed by atoms with van der Waals surface area (Å²) < 4.78 is 5.16. The lowest BCUT2D eigenvalue weighted by Gasteiger charge is -2.15. The molecule has 26 heavy (non-hydrogen) atoms. The van der Waals surface area contributed by atoms with Crippen molar-refractivity contribution in [2.24, 2.45) is 0 Å². The molecule has 0 saturated heterocycles. The number of hydrogen-bond donors (Lipinski definition) is 3. The summed E-state index contributed by atoms with van der Waals surface area (Å²) in [5, 5.41) is 7.16. The van der Waals surface area contributed by atoms with E-state index in [1.807, 2.05) is 24.3 Å². The van der Waals surface area contributed by atoms with Gasteiger partial charge in [-0.3, -0.25) is 0 Å². The fourth-order valence-corrected chi connectivity index (χ4v) is 2.88. The van der Waals surface area contributed by atoms with Crippen LogP contribution in [0.3, 0.4) is 0 Å².